The molecule has 1 aromatic heterocycles. The summed E-state index contributed by atoms with van der Waals surface area (Å²) < 4.78 is 6.90. The second-order valence-corrected chi connectivity index (χ2v) is 4.97. The van der Waals surface area contributed by atoms with Crippen LogP contribution in [0.1, 0.15) is 17.4 Å². The van der Waals surface area contributed by atoms with Gasteiger partial charge in [-0.1, -0.05) is 0 Å². The minimum absolute atomic E-state index is 0.0772. The van der Waals surface area contributed by atoms with E-state index in [-0.39, 0.29) is 11.8 Å². The topological polar surface area (TPSA) is 56.2 Å². The number of aryl methyl sites for hydroxylation is 1. The van der Waals surface area contributed by atoms with Crippen LogP contribution in [0, 0.1) is 0 Å². The fraction of sp³-hybridized carbons (Fsp3) is 0.636. The summed E-state index contributed by atoms with van der Waals surface area (Å²) in [7, 11) is 1.57. The molecule has 1 aliphatic rings. The summed E-state index contributed by atoms with van der Waals surface area (Å²) in [5.41, 5.74) is 0.579. The van der Waals surface area contributed by atoms with Gasteiger partial charge in [-0.25, -0.2) is 0 Å². The summed E-state index contributed by atoms with van der Waals surface area (Å²) in [6, 6.07) is -0.121. The lowest BCUT2D eigenvalue weighted by atomic mass is 10.1. The van der Waals surface area contributed by atoms with E-state index in [0.717, 1.165) is 18.1 Å². The Morgan fingerprint density at radius 3 is 3.18 bits per heavy atom. The van der Waals surface area contributed by atoms with Crippen LogP contribution >= 0.6 is 11.8 Å². The Morgan fingerprint density at radius 1 is 1.76 bits per heavy atom. The van der Waals surface area contributed by atoms with E-state index < -0.39 is 0 Å². The Hall–Kier alpha value is -1.01. The summed E-state index contributed by atoms with van der Waals surface area (Å²) >= 11 is 1.80. The number of rotatable bonds is 4. The number of carbonyl (C=O) groups is 1. The average molecular weight is 255 g/mol. The Morgan fingerprint density at radius 2 is 2.59 bits per heavy atom. The van der Waals surface area contributed by atoms with Gasteiger partial charge in [-0.05, 0) is 6.92 Å². The maximum atomic E-state index is 12.4. The summed E-state index contributed by atoms with van der Waals surface area (Å²) in [6.45, 7) is 3.51. The molecule has 1 fully saturated rings. The Kier molecular flexibility index (Phi) is 4.06. The molecule has 17 heavy (non-hydrogen) atoms. The molecule has 0 spiro atoms. The molecule has 1 aromatic rings. The lowest BCUT2D eigenvalue weighted by molar-refractivity contribution is 0.0939. The molecule has 0 aliphatic carbocycles. The summed E-state index contributed by atoms with van der Waals surface area (Å²) in [5, 5.41) is 7.40. The number of Topliss-reactive ketones (excluding diaryl/α,β-unsaturated/α-hetero) is 1. The Bertz CT molecular complexity index is 378. The van der Waals surface area contributed by atoms with E-state index in [4.69, 9.17) is 4.74 Å². The monoisotopic (exact) mass is 255 g/mol. The molecular weight excluding hydrogens is 238 g/mol. The van der Waals surface area contributed by atoms with Gasteiger partial charge in [0.15, 0.2) is 5.75 Å². The zero-order chi connectivity index (χ0) is 12.3. The number of hydrogen-bond donors (Lipinski definition) is 1. The highest BCUT2D eigenvalue weighted by Crippen LogP contribution is 2.21. The van der Waals surface area contributed by atoms with E-state index in [2.05, 4.69) is 10.4 Å². The van der Waals surface area contributed by atoms with Crippen molar-refractivity contribution in [3.05, 3.63) is 11.9 Å². The van der Waals surface area contributed by atoms with Crippen molar-refractivity contribution < 1.29 is 9.53 Å². The fourth-order valence-corrected chi connectivity index (χ4v) is 2.84. The van der Waals surface area contributed by atoms with Crippen LogP contribution in [0.4, 0.5) is 0 Å². The van der Waals surface area contributed by atoms with Crippen molar-refractivity contribution in [2.75, 3.05) is 25.2 Å². The molecule has 0 amide bonds. The number of methoxy groups -OCH3 is 1. The van der Waals surface area contributed by atoms with Crippen LogP contribution in [-0.2, 0) is 6.54 Å². The first kappa shape index (κ1) is 12.4. The highest BCUT2D eigenvalue weighted by molar-refractivity contribution is 7.99. The normalized spacial score (nSPS) is 20.2. The highest BCUT2D eigenvalue weighted by Gasteiger charge is 2.28. The first-order valence-corrected chi connectivity index (χ1v) is 6.88. The van der Waals surface area contributed by atoms with Crippen LogP contribution in [0.15, 0.2) is 6.20 Å². The van der Waals surface area contributed by atoms with Crippen LogP contribution in [0.5, 0.6) is 5.75 Å². The third-order valence-corrected chi connectivity index (χ3v) is 3.86. The van der Waals surface area contributed by atoms with Crippen molar-refractivity contribution in [2.45, 2.75) is 19.5 Å². The smallest absolute Gasteiger partial charge is 0.202 e. The first-order valence-electron chi connectivity index (χ1n) is 5.73. The second kappa shape index (κ2) is 5.55. The van der Waals surface area contributed by atoms with E-state index in [9.17, 15) is 4.79 Å². The van der Waals surface area contributed by atoms with Gasteiger partial charge in [0.25, 0.3) is 0 Å². The molecule has 5 nitrogen and oxygen atoms in total. The number of nitrogens with zero attached hydrogens (tertiary/aromatic N) is 2. The largest absolute Gasteiger partial charge is 0.493 e. The highest BCUT2D eigenvalue weighted by atomic mass is 32.2. The van der Waals surface area contributed by atoms with Gasteiger partial charge in [-0.3, -0.25) is 9.48 Å². The van der Waals surface area contributed by atoms with Gasteiger partial charge in [-0.2, -0.15) is 16.9 Å². The van der Waals surface area contributed by atoms with Gasteiger partial charge in [0, 0.05) is 24.6 Å². The van der Waals surface area contributed by atoms with E-state index >= 15 is 0 Å². The number of ketones is 1. The molecular formula is C11H17N3O2S. The molecule has 1 atom stereocenters. The standard InChI is InChI=1S/C11H17N3O2S/c1-3-14-10(9(16-2)6-13-14)11(15)8-7-17-5-4-12-8/h6,8,12H,3-5,7H2,1-2H3. The zero-order valence-corrected chi connectivity index (χ0v) is 10.9. The molecule has 6 heteroatoms. The van der Waals surface area contributed by atoms with Crippen molar-refractivity contribution in [2.24, 2.45) is 0 Å². The van der Waals surface area contributed by atoms with Gasteiger partial charge >= 0.3 is 0 Å². The van der Waals surface area contributed by atoms with Gasteiger partial charge < -0.3 is 10.1 Å². The molecule has 1 saturated heterocycles. The van der Waals surface area contributed by atoms with Crippen LogP contribution < -0.4 is 10.1 Å². The van der Waals surface area contributed by atoms with Gasteiger partial charge in [0.1, 0.15) is 5.69 Å². The third kappa shape index (κ3) is 2.47. The van der Waals surface area contributed by atoms with E-state index in [1.807, 2.05) is 6.92 Å². The van der Waals surface area contributed by atoms with E-state index in [1.165, 1.54) is 0 Å². The minimum atomic E-state index is -0.121. The van der Waals surface area contributed by atoms with Crippen LogP contribution in [0.2, 0.25) is 0 Å². The van der Waals surface area contributed by atoms with Crippen LogP contribution in [0.3, 0.4) is 0 Å². The minimum Gasteiger partial charge on any atom is -0.493 e. The van der Waals surface area contributed by atoms with Crippen LogP contribution in [-0.4, -0.2) is 46.8 Å². The SMILES string of the molecule is CCn1ncc(OC)c1C(=O)C1CSCCN1. The van der Waals surface area contributed by atoms with Gasteiger partial charge in [-0.15, -0.1) is 0 Å². The average Bonchev–Trinajstić information content (AvgIpc) is 2.81. The van der Waals surface area contributed by atoms with Gasteiger partial charge in [0.05, 0.1) is 19.3 Å². The number of thioether (sulfide) groups is 1. The van der Waals surface area contributed by atoms with Crippen molar-refractivity contribution in [1.29, 1.82) is 0 Å². The molecule has 0 aromatic carbocycles. The summed E-state index contributed by atoms with van der Waals surface area (Å²) in [6.07, 6.45) is 1.60. The van der Waals surface area contributed by atoms with Gasteiger partial charge in [0.2, 0.25) is 5.78 Å². The lowest BCUT2D eigenvalue weighted by Gasteiger charge is -2.22. The summed E-state index contributed by atoms with van der Waals surface area (Å²) in [5.74, 6) is 2.52. The maximum absolute atomic E-state index is 12.4. The number of ether oxygens (including phenoxy) is 1. The van der Waals surface area contributed by atoms with Crippen LogP contribution in [0.25, 0.3) is 0 Å². The van der Waals surface area contributed by atoms with Crippen molar-refractivity contribution >= 4 is 17.5 Å². The molecule has 1 unspecified atom stereocenters. The zero-order valence-electron chi connectivity index (χ0n) is 10.1. The molecule has 1 aliphatic heterocycles. The fourth-order valence-electron chi connectivity index (χ4n) is 1.90. The predicted molar refractivity (Wildman–Crippen MR) is 67.9 cm³/mol. The third-order valence-electron chi connectivity index (χ3n) is 2.80. The van der Waals surface area contributed by atoms with Crippen molar-refractivity contribution in [1.82, 2.24) is 15.1 Å². The Balaban J connectivity index is 2.24. The van der Waals surface area contributed by atoms with Crippen molar-refractivity contribution in [3.8, 4) is 5.75 Å². The summed E-state index contributed by atoms with van der Waals surface area (Å²) in [4.78, 5) is 12.4. The number of nitrogens with one attached hydrogen (secondary N) is 1. The molecule has 0 saturated carbocycles. The molecule has 2 heterocycles. The Labute approximate surface area is 105 Å². The number of hydrogen-bond acceptors (Lipinski definition) is 5. The number of carbonyl (C=O) groups excluding carboxylic acids is 1. The number of aromatic nitrogens is 2. The molecule has 94 valence electrons. The molecule has 0 radical (unpaired) electrons. The maximum Gasteiger partial charge on any atom is 0.202 e. The van der Waals surface area contributed by atoms with Crippen molar-refractivity contribution in [3.63, 3.8) is 0 Å². The molecule has 2 rings (SSSR count). The second-order valence-electron chi connectivity index (χ2n) is 3.82. The first-order chi connectivity index (χ1) is 8.27. The van der Waals surface area contributed by atoms with E-state index in [1.54, 1.807) is 29.8 Å². The quantitative estimate of drug-likeness (QED) is 0.807. The van der Waals surface area contributed by atoms with E-state index in [0.29, 0.717) is 18.0 Å². The molecule has 0 bridgehead atoms. The lowest BCUT2D eigenvalue weighted by Crippen LogP contribution is -2.44. The molecule has 1 N–H and O–H groups in total. The predicted octanol–water partition coefficient (Wildman–Crippen LogP) is 0.799.